The molecule has 0 aliphatic carbocycles. The minimum atomic E-state index is -0.939. The van der Waals surface area contributed by atoms with Crippen molar-refractivity contribution in [3.8, 4) is 0 Å². The molecule has 5 rings (SSSR count). The first-order valence-electron chi connectivity index (χ1n) is 10.5. The number of anilines is 1. The van der Waals surface area contributed by atoms with Crippen molar-refractivity contribution in [1.82, 2.24) is 5.43 Å². The summed E-state index contributed by atoms with van der Waals surface area (Å²) >= 11 is 0. The lowest BCUT2D eigenvalue weighted by Gasteiger charge is -2.19. The number of rotatable bonds is 5. The predicted octanol–water partition coefficient (Wildman–Crippen LogP) is 3.21. The lowest BCUT2D eigenvalue weighted by Crippen LogP contribution is -2.36. The number of imide groups is 1. The minimum Gasteiger partial charge on any atom is -0.296 e. The van der Waals surface area contributed by atoms with Crippen molar-refractivity contribution in [3.63, 3.8) is 0 Å². The van der Waals surface area contributed by atoms with Crippen molar-refractivity contribution in [2.75, 3.05) is 4.90 Å². The molecule has 0 saturated carbocycles. The molecular formula is C26H21N3O3. The predicted molar refractivity (Wildman–Crippen MR) is 121 cm³/mol. The summed E-state index contributed by atoms with van der Waals surface area (Å²) < 4.78 is 0. The summed E-state index contributed by atoms with van der Waals surface area (Å²) in [6.45, 7) is 1.93. The zero-order valence-corrected chi connectivity index (χ0v) is 17.4. The van der Waals surface area contributed by atoms with E-state index in [1.54, 1.807) is 12.1 Å². The van der Waals surface area contributed by atoms with Gasteiger partial charge in [-0.3, -0.25) is 19.8 Å². The zero-order chi connectivity index (χ0) is 22.2. The fourth-order valence-electron chi connectivity index (χ4n) is 4.38. The number of hydrogen-bond acceptors (Lipinski definition) is 5. The van der Waals surface area contributed by atoms with Gasteiger partial charge < -0.3 is 0 Å². The fraction of sp³-hybridized carbons (Fsp3) is 0.154. The SMILES string of the molecule is Cc1ccc(N2C(=O)[C@@H]3C(C(=O)C(c4ccccc4)c4ccccc4)=NN[C@@H]3C2=O)cc1. The van der Waals surface area contributed by atoms with Crippen molar-refractivity contribution in [2.24, 2.45) is 11.0 Å². The average Bonchev–Trinajstić information content (AvgIpc) is 3.36. The molecule has 158 valence electrons. The Balaban J connectivity index is 1.51. The van der Waals surface area contributed by atoms with Gasteiger partial charge in [-0.2, -0.15) is 5.10 Å². The Labute approximate surface area is 185 Å². The maximum absolute atomic E-state index is 13.8. The van der Waals surface area contributed by atoms with Gasteiger partial charge in [-0.1, -0.05) is 78.4 Å². The minimum absolute atomic E-state index is 0.0978. The molecule has 0 spiro atoms. The number of hydrazone groups is 1. The summed E-state index contributed by atoms with van der Waals surface area (Å²) in [6, 6.07) is 25.1. The summed E-state index contributed by atoms with van der Waals surface area (Å²) in [5.41, 5.74) is 5.99. The largest absolute Gasteiger partial charge is 0.296 e. The van der Waals surface area contributed by atoms with Crippen LogP contribution in [0, 0.1) is 12.8 Å². The molecule has 1 fully saturated rings. The quantitative estimate of drug-likeness (QED) is 0.639. The molecule has 2 aliphatic heterocycles. The molecule has 1 N–H and O–H groups in total. The summed E-state index contributed by atoms with van der Waals surface area (Å²) in [4.78, 5) is 41.3. The van der Waals surface area contributed by atoms with Crippen molar-refractivity contribution in [2.45, 2.75) is 18.9 Å². The van der Waals surface area contributed by atoms with Crippen LogP contribution in [0.1, 0.15) is 22.6 Å². The van der Waals surface area contributed by atoms with Gasteiger partial charge in [0.1, 0.15) is 17.7 Å². The lowest BCUT2D eigenvalue weighted by molar-refractivity contribution is -0.122. The Bertz CT molecular complexity index is 1180. The fourth-order valence-corrected chi connectivity index (χ4v) is 4.38. The normalized spacial score (nSPS) is 19.7. The van der Waals surface area contributed by atoms with Crippen LogP contribution in [0.25, 0.3) is 0 Å². The lowest BCUT2D eigenvalue weighted by atomic mass is 9.82. The van der Waals surface area contributed by atoms with E-state index in [1.165, 1.54) is 0 Å². The highest BCUT2D eigenvalue weighted by molar-refractivity contribution is 6.50. The molecule has 3 aromatic rings. The summed E-state index contributed by atoms with van der Waals surface area (Å²) in [5.74, 6) is -2.67. The molecule has 2 amide bonds. The molecule has 0 bridgehead atoms. The standard InChI is InChI=1S/C26H21N3O3/c1-16-12-14-19(15-13-16)29-25(31)21-22(27-28-23(21)26(29)32)24(30)20(17-8-4-2-5-9-17)18-10-6-3-7-11-18/h2-15,20-21,23,28H,1H3/t21-,23+/m1/s1. The Morgan fingerprint density at radius 1 is 0.844 bits per heavy atom. The van der Waals surface area contributed by atoms with Crippen LogP contribution in [0.15, 0.2) is 90.0 Å². The molecule has 0 unspecified atom stereocenters. The van der Waals surface area contributed by atoms with E-state index in [2.05, 4.69) is 10.5 Å². The number of hydrogen-bond donors (Lipinski definition) is 1. The van der Waals surface area contributed by atoms with Crippen LogP contribution in [-0.2, 0) is 14.4 Å². The number of fused-ring (bicyclic) bond motifs is 1. The summed E-state index contributed by atoms with van der Waals surface area (Å²) in [6.07, 6.45) is 0. The second-order valence-corrected chi connectivity index (χ2v) is 8.05. The van der Waals surface area contributed by atoms with Crippen molar-refractivity contribution < 1.29 is 14.4 Å². The van der Waals surface area contributed by atoms with Gasteiger partial charge in [0.25, 0.3) is 5.91 Å². The third kappa shape index (κ3) is 3.21. The molecule has 0 aromatic heterocycles. The third-order valence-corrected chi connectivity index (χ3v) is 6.00. The number of ketones is 1. The van der Waals surface area contributed by atoms with Crippen LogP contribution in [0.3, 0.4) is 0 Å². The van der Waals surface area contributed by atoms with Gasteiger partial charge in [0, 0.05) is 0 Å². The number of nitrogens with one attached hydrogen (secondary N) is 1. The van der Waals surface area contributed by atoms with E-state index in [0.29, 0.717) is 5.69 Å². The Hall–Kier alpha value is -4.06. The maximum Gasteiger partial charge on any atom is 0.259 e. The number of nitrogens with zero attached hydrogens (tertiary/aromatic N) is 2. The second-order valence-electron chi connectivity index (χ2n) is 8.05. The smallest absolute Gasteiger partial charge is 0.259 e. The van der Waals surface area contributed by atoms with Crippen molar-refractivity contribution in [1.29, 1.82) is 0 Å². The van der Waals surface area contributed by atoms with Gasteiger partial charge in [0.15, 0.2) is 5.78 Å². The molecule has 2 heterocycles. The van der Waals surface area contributed by atoms with Crippen molar-refractivity contribution in [3.05, 3.63) is 102 Å². The highest BCUT2D eigenvalue weighted by Crippen LogP contribution is 2.34. The van der Waals surface area contributed by atoms with Gasteiger partial charge in [-0.25, -0.2) is 4.90 Å². The van der Waals surface area contributed by atoms with Gasteiger partial charge in [0.2, 0.25) is 5.91 Å². The van der Waals surface area contributed by atoms with E-state index in [9.17, 15) is 14.4 Å². The Morgan fingerprint density at radius 3 is 1.97 bits per heavy atom. The highest BCUT2D eigenvalue weighted by Gasteiger charge is 2.55. The Morgan fingerprint density at radius 2 is 1.41 bits per heavy atom. The molecule has 1 saturated heterocycles. The van der Waals surface area contributed by atoms with Crippen LogP contribution >= 0.6 is 0 Å². The zero-order valence-electron chi connectivity index (χ0n) is 17.4. The van der Waals surface area contributed by atoms with E-state index in [0.717, 1.165) is 21.6 Å². The van der Waals surface area contributed by atoms with Crippen LogP contribution in [-0.4, -0.2) is 29.4 Å². The number of amides is 2. The van der Waals surface area contributed by atoms with Gasteiger partial charge in [-0.15, -0.1) is 0 Å². The van der Waals surface area contributed by atoms with E-state index in [1.807, 2.05) is 79.7 Å². The molecule has 2 aliphatic rings. The van der Waals surface area contributed by atoms with E-state index < -0.39 is 29.7 Å². The molecule has 32 heavy (non-hydrogen) atoms. The topological polar surface area (TPSA) is 78.8 Å². The summed E-state index contributed by atoms with van der Waals surface area (Å²) in [7, 11) is 0. The molecule has 3 aromatic carbocycles. The van der Waals surface area contributed by atoms with Crippen LogP contribution in [0.5, 0.6) is 0 Å². The first-order valence-corrected chi connectivity index (χ1v) is 10.5. The van der Waals surface area contributed by atoms with Gasteiger partial charge in [0.05, 0.1) is 11.6 Å². The third-order valence-electron chi connectivity index (χ3n) is 6.00. The number of aryl methyl sites for hydroxylation is 1. The molecule has 6 nitrogen and oxygen atoms in total. The Kier molecular flexibility index (Phi) is 4.90. The highest BCUT2D eigenvalue weighted by atomic mass is 16.2. The maximum atomic E-state index is 13.8. The number of carbonyl (C=O) groups is 3. The molecule has 0 radical (unpaired) electrons. The average molecular weight is 423 g/mol. The van der Waals surface area contributed by atoms with Gasteiger partial charge >= 0.3 is 0 Å². The molecule has 2 atom stereocenters. The number of carbonyl (C=O) groups excluding carboxylic acids is 3. The van der Waals surface area contributed by atoms with Gasteiger partial charge in [-0.05, 0) is 30.2 Å². The second kappa shape index (κ2) is 7.89. The van der Waals surface area contributed by atoms with Crippen LogP contribution in [0.4, 0.5) is 5.69 Å². The first kappa shape index (κ1) is 19.9. The monoisotopic (exact) mass is 423 g/mol. The van der Waals surface area contributed by atoms with Crippen LogP contribution < -0.4 is 10.3 Å². The molecular weight excluding hydrogens is 402 g/mol. The van der Waals surface area contributed by atoms with Crippen molar-refractivity contribution >= 4 is 29.0 Å². The first-order chi connectivity index (χ1) is 15.6. The van der Waals surface area contributed by atoms with E-state index in [-0.39, 0.29) is 11.5 Å². The summed E-state index contributed by atoms with van der Waals surface area (Å²) in [5, 5.41) is 4.18. The molecule has 6 heteroatoms. The van der Waals surface area contributed by atoms with Crippen LogP contribution in [0.2, 0.25) is 0 Å². The number of Topliss-reactive ketones (excluding diaryl/α,β-unsaturated/α-hetero) is 1. The van der Waals surface area contributed by atoms with E-state index in [4.69, 9.17) is 0 Å². The number of benzene rings is 3. The van der Waals surface area contributed by atoms with E-state index >= 15 is 0 Å².